The van der Waals surface area contributed by atoms with Crippen LogP contribution in [0.3, 0.4) is 0 Å². The van der Waals surface area contributed by atoms with Crippen LogP contribution in [0.4, 0.5) is 10.5 Å². The standard InChI is InChI=1S/C18H24N6OS/c1-13-8-9-14(26-13)12-24(11-10-22(2)3)18(25)19-15-6-5-7-16-17(15)21-23(4)20-16/h5-9H,10-12H2,1-4H3,(H,19,25). The van der Waals surface area contributed by atoms with Crippen LogP contribution in [0.5, 0.6) is 0 Å². The molecule has 0 aliphatic heterocycles. The van der Waals surface area contributed by atoms with Crippen LogP contribution in [0.25, 0.3) is 11.0 Å². The highest BCUT2D eigenvalue weighted by Gasteiger charge is 2.17. The van der Waals surface area contributed by atoms with E-state index in [1.54, 1.807) is 18.4 Å². The molecule has 2 heterocycles. The zero-order valence-corrected chi connectivity index (χ0v) is 16.4. The van der Waals surface area contributed by atoms with Crippen molar-refractivity contribution in [1.82, 2.24) is 24.8 Å². The molecule has 26 heavy (non-hydrogen) atoms. The maximum atomic E-state index is 12.9. The number of thiophene rings is 1. The number of aryl methyl sites for hydroxylation is 2. The smallest absolute Gasteiger partial charge is 0.318 e. The molecule has 7 nitrogen and oxygen atoms in total. The van der Waals surface area contributed by atoms with Crippen molar-refractivity contribution in [3.8, 4) is 0 Å². The Morgan fingerprint density at radius 1 is 1.19 bits per heavy atom. The van der Waals surface area contributed by atoms with Gasteiger partial charge in [0.15, 0.2) is 0 Å². The lowest BCUT2D eigenvalue weighted by Crippen LogP contribution is -2.38. The van der Waals surface area contributed by atoms with Gasteiger partial charge in [-0.2, -0.15) is 15.0 Å². The Kier molecular flexibility index (Phi) is 5.53. The van der Waals surface area contributed by atoms with Gasteiger partial charge in [-0.15, -0.1) is 11.3 Å². The van der Waals surface area contributed by atoms with Gasteiger partial charge in [0.1, 0.15) is 11.0 Å². The summed E-state index contributed by atoms with van der Waals surface area (Å²) in [5, 5.41) is 11.7. The average Bonchev–Trinajstić information content (AvgIpc) is 3.16. The predicted molar refractivity (Wildman–Crippen MR) is 106 cm³/mol. The first-order valence-electron chi connectivity index (χ1n) is 8.48. The zero-order valence-electron chi connectivity index (χ0n) is 15.6. The summed E-state index contributed by atoms with van der Waals surface area (Å²) in [5.74, 6) is 0. The van der Waals surface area contributed by atoms with E-state index in [0.717, 1.165) is 12.1 Å². The second kappa shape index (κ2) is 7.84. The number of likely N-dealkylation sites (N-methyl/N-ethyl adjacent to an activating group) is 1. The van der Waals surface area contributed by atoms with E-state index in [1.807, 2.05) is 37.2 Å². The number of aromatic nitrogens is 3. The maximum absolute atomic E-state index is 12.9. The fourth-order valence-corrected chi connectivity index (χ4v) is 3.57. The molecule has 3 rings (SSSR count). The molecule has 138 valence electrons. The number of amides is 2. The second-order valence-electron chi connectivity index (χ2n) is 6.53. The number of nitrogens with one attached hydrogen (secondary N) is 1. The Bertz CT molecular complexity index is 900. The summed E-state index contributed by atoms with van der Waals surface area (Å²) in [4.78, 5) is 20.8. The average molecular weight is 372 g/mol. The first-order valence-corrected chi connectivity index (χ1v) is 9.30. The molecule has 0 aliphatic carbocycles. The van der Waals surface area contributed by atoms with E-state index >= 15 is 0 Å². The SMILES string of the molecule is Cc1ccc(CN(CCN(C)C)C(=O)Nc2cccc3nn(C)nc23)s1. The van der Waals surface area contributed by atoms with Crippen LogP contribution in [-0.4, -0.2) is 58.0 Å². The Morgan fingerprint density at radius 3 is 2.69 bits per heavy atom. The molecule has 1 aromatic carbocycles. The molecule has 2 amide bonds. The third kappa shape index (κ3) is 4.39. The number of rotatable bonds is 6. The summed E-state index contributed by atoms with van der Waals surface area (Å²) in [5.41, 5.74) is 2.14. The van der Waals surface area contributed by atoms with Crippen molar-refractivity contribution in [1.29, 1.82) is 0 Å². The number of hydrogen-bond acceptors (Lipinski definition) is 5. The number of carbonyl (C=O) groups excluding carboxylic acids is 1. The van der Waals surface area contributed by atoms with Crippen molar-refractivity contribution < 1.29 is 4.79 Å². The van der Waals surface area contributed by atoms with E-state index in [4.69, 9.17) is 0 Å². The van der Waals surface area contributed by atoms with Gasteiger partial charge in [-0.1, -0.05) is 6.07 Å². The highest BCUT2D eigenvalue weighted by molar-refractivity contribution is 7.11. The zero-order chi connectivity index (χ0) is 18.7. The number of fused-ring (bicyclic) bond motifs is 1. The quantitative estimate of drug-likeness (QED) is 0.722. The van der Waals surface area contributed by atoms with Gasteiger partial charge in [0.05, 0.1) is 12.2 Å². The number of hydrogen-bond donors (Lipinski definition) is 1. The lowest BCUT2D eigenvalue weighted by atomic mass is 10.2. The normalized spacial score (nSPS) is 11.3. The molecule has 0 saturated heterocycles. The first kappa shape index (κ1) is 18.3. The van der Waals surface area contributed by atoms with Gasteiger partial charge in [-0.3, -0.25) is 0 Å². The van der Waals surface area contributed by atoms with Crippen molar-refractivity contribution in [2.24, 2.45) is 7.05 Å². The van der Waals surface area contributed by atoms with Gasteiger partial charge in [0, 0.05) is 29.9 Å². The molecule has 0 bridgehead atoms. The Labute approximate surface area is 157 Å². The van der Waals surface area contributed by atoms with E-state index in [1.165, 1.54) is 14.6 Å². The largest absolute Gasteiger partial charge is 0.322 e. The van der Waals surface area contributed by atoms with Gasteiger partial charge < -0.3 is 15.1 Å². The van der Waals surface area contributed by atoms with Gasteiger partial charge >= 0.3 is 6.03 Å². The van der Waals surface area contributed by atoms with E-state index in [2.05, 4.69) is 39.5 Å². The van der Waals surface area contributed by atoms with Crippen LogP contribution in [0.1, 0.15) is 9.75 Å². The van der Waals surface area contributed by atoms with Crippen molar-refractivity contribution in [2.45, 2.75) is 13.5 Å². The van der Waals surface area contributed by atoms with Gasteiger partial charge in [0.25, 0.3) is 0 Å². The first-order chi connectivity index (χ1) is 12.4. The van der Waals surface area contributed by atoms with Crippen LogP contribution < -0.4 is 5.32 Å². The highest BCUT2D eigenvalue weighted by Crippen LogP contribution is 2.21. The van der Waals surface area contributed by atoms with Gasteiger partial charge in [-0.25, -0.2) is 4.79 Å². The molecule has 0 aliphatic rings. The van der Waals surface area contributed by atoms with E-state index in [9.17, 15) is 4.79 Å². The molecule has 0 spiro atoms. The van der Waals surface area contributed by atoms with Crippen LogP contribution in [0, 0.1) is 6.92 Å². The summed E-state index contributed by atoms with van der Waals surface area (Å²) in [6.45, 7) is 4.11. The topological polar surface area (TPSA) is 66.3 Å². The van der Waals surface area contributed by atoms with Crippen molar-refractivity contribution in [3.05, 3.63) is 40.1 Å². The van der Waals surface area contributed by atoms with Crippen molar-refractivity contribution in [2.75, 3.05) is 32.5 Å². The molecule has 0 atom stereocenters. The molecule has 0 fully saturated rings. The number of carbonyl (C=O) groups is 1. The molecule has 0 unspecified atom stereocenters. The number of benzene rings is 1. The summed E-state index contributed by atoms with van der Waals surface area (Å²) in [7, 11) is 5.78. The second-order valence-corrected chi connectivity index (χ2v) is 7.90. The summed E-state index contributed by atoms with van der Waals surface area (Å²) >= 11 is 1.72. The summed E-state index contributed by atoms with van der Waals surface area (Å²) < 4.78 is 0. The van der Waals surface area contributed by atoms with Gasteiger partial charge in [0.2, 0.25) is 0 Å². The Morgan fingerprint density at radius 2 is 2.00 bits per heavy atom. The van der Waals surface area contributed by atoms with E-state index in [0.29, 0.717) is 24.3 Å². The fourth-order valence-electron chi connectivity index (χ4n) is 2.67. The molecule has 3 aromatic rings. The minimum Gasteiger partial charge on any atom is -0.318 e. The minimum atomic E-state index is -0.129. The monoisotopic (exact) mass is 372 g/mol. The Hall–Kier alpha value is -2.45. The number of urea groups is 1. The molecular weight excluding hydrogens is 348 g/mol. The molecule has 0 radical (unpaired) electrons. The highest BCUT2D eigenvalue weighted by atomic mass is 32.1. The number of nitrogens with zero attached hydrogens (tertiary/aromatic N) is 5. The van der Waals surface area contributed by atoms with Crippen LogP contribution in [0.2, 0.25) is 0 Å². The summed E-state index contributed by atoms with van der Waals surface area (Å²) in [6, 6.07) is 9.65. The van der Waals surface area contributed by atoms with Crippen molar-refractivity contribution >= 4 is 34.1 Å². The molecule has 2 aromatic heterocycles. The van der Waals surface area contributed by atoms with Crippen molar-refractivity contribution in [3.63, 3.8) is 0 Å². The van der Waals surface area contributed by atoms with Gasteiger partial charge in [-0.05, 0) is 45.3 Å². The number of anilines is 1. The van der Waals surface area contributed by atoms with E-state index in [-0.39, 0.29) is 6.03 Å². The summed E-state index contributed by atoms with van der Waals surface area (Å²) in [6.07, 6.45) is 0. The molecule has 0 saturated carbocycles. The van der Waals surface area contributed by atoms with Crippen LogP contribution >= 0.6 is 11.3 Å². The van der Waals surface area contributed by atoms with Crippen LogP contribution in [-0.2, 0) is 13.6 Å². The Balaban J connectivity index is 1.79. The lowest BCUT2D eigenvalue weighted by Gasteiger charge is -2.24. The predicted octanol–water partition coefficient (Wildman–Crippen LogP) is 2.93. The molecule has 1 N–H and O–H groups in total. The molecular formula is C18H24N6OS. The lowest BCUT2D eigenvalue weighted by molar-refractivity contribution is 0.203. The van der Waals surface area contributed by atoms with E-state index < -0.39 is 0 Å². The fraction of sp³-hybridized carbons (Fsp3) is 0.389. The third-order valence-electron chi connectivity index (χ3n) is 4.00. The third-order valence-corrected chi connectivity index (χ3v) is 4.99. The van der Waals surface area contributed by atoms with Crippen LogP contribution in [0.15, 0.2) is 30.3 Å². The maximum Gasteiger partial charge on any atom is 0.322 e. The minimum absolute atomic E-state index is 0.129. The molecule has 8 heteroatoms.